The second-order valence-electron chi connectivity index (χ2n) is 7.67. The predicted octanol–water partition coefficient (Wildman–Crippen LogP) is 5.46. The Morgan fingerprint density at radius 1 is 1.26 bits per heavy atom. The number of para-hydroxylation sites is 1. The Hall–Kier alpha value is -3.50. The van der Waals surface area contributed by atoms with E-state index in [4.69, 9.17) is 22.1 Å². The number of carbonyl (C=O) groups excluding carboxylic acids is 1. The first-order valence-corrected chi connectivity index (χ1v) is 11.8. The van der Waals surface area contributed by atoms with Crippen LogP contribution in [0, 0.1) is 10.1 Å². The molecular weight excluding hydrogens is 472 g/mol. The van der Waals surface area contributed by atoms with Crippen LogP contribution in [0.25, 0.3) is 23.0 Å². The predicted molar refractivity (Wildman–Crippen MR) is 137 cm³/mol. The smallest absolute Gasteiger partial charge is 0.311 e. The first-order chi connectivity index (χ1) is 16.3. The molecule has 1 fully saturated rings. The zero-order valence-corrected chi connectivity index (χ0v) is 20.4. The molecule has 10 heteroatoms. The molecule has 1 saturated heterocycles. The lowest BCUT2D eigenvalue weighted by atomic mass is 10.1. The minimum Gasteiger partial charge on any atom is -0.490 e. The van der Waals surface area contributed by atoms with E-state index in [1.807, 2.05) is 44.2 Å². The molecule has 2 aromatic carbocycles. The summed E-state index contributed by atoms with van der Waals surface area (Å²) < 4.78 is 7.34. The molecule has 0 bridgehead atoms. The number of nitrogens with zero attached hydrogens (tertiary/aromatic N) is 4. The Kier molecular flexibility index (Phi) is 6.80. The van der Waals surface area contributed by atoms with Gasteiger partial charge in [-0.2, -0.15) is 5.10 Å². The Balaban J connectivity index is 1.85. The van der Waals surface area contributed by atoms with Crippen LogP contribution in [0.4, 0.5) is 5.69 Å². The second-order valence-corrected chi connectivity index (χ2v) is 9.34. The summed E-state index contributed by atoms with van der Waals surface area (Å²) in [5, 5.41) is 16.3. The van der Waals surface area contributed by atoms with Crippen molar-refractivity contribution in [3.8, 4) is 22.7 Å². The van der Waals surface area contributed by atoms with Gasteiger partial charge in [0.15, 0.2) is 5.75 Å². The number of nitro groups is 1. The van der Waals surface area contributed by atoms with E-state index in [9.17, 15) is 14.9 Å². The lowest BCUT2D eigenvalue weighted by molar-refractivity contribution is -0.385. The molecule has 3 aromatic rings. The molecule has 174 valence electrons. The lowest BCUT2D eigenvalue weighted by Crippen LogP contribution is -2.36. The third-order valence-electron chi connectivity index (χ3n) is 5.55. The van der Waals surface area contributed by atoms with E-state index < -0.39 is 4.92 Å². The third kappa shape index (κ3) is 4.46. The summed E-state index contributed by atoms with van der Waals surface area (Å²) in [5.74, 6) is 0.00990. The molecule has 4 rings (SSSR count). The Bertz CT molecular complexity index is 1300. The van der Waals surface area contributed by atoms with Gasteiger partial charge in [-0.05, 0) is 43.7 Å². The number of rotatable bonds is 7. The number of hydrogen-bond acceptors (Lipinski definition) is 7. The van der Waals surface area contributed by atoms with E-state index in [2.05, 4.69) is 0 Å². The Labute approximate surface area is 206 Å². The van der Waals surface area contributed by atoms with Crippen molar-refractivity contribution in [2.75, 3.05) is 7.11 Å². The molecule has 0 N–H and O–H groups in total. The largest absolute Gasteiger partial charge is 0.490 e. The zero-order chi connectivity index (χ0) is 24.4. The van der Waals surface area contributed by atoms with Gasteiger partial charge < -0.3 is 4.74 Å². The van der Waals surface area contributed by atoms with Gasteiger partial charge in [0.2, 0.25) is 0 Å². The van der Waals surface area contributed by atoms with Crippen LogP contribution in [0.1, 0.15) is 25.8 Å². The minimum absolute atomic E-state index is 0.00542. The van der Waals surface area contributed by atoms with Crippen LogP contribution in [0.15, 0.2) is 59.6 Å². The van der Waals surface area contributed by atoms with Gasteiger partial charge in [-0.15, -0.1) is 0 Å². The highest BCUT2D eigenvalue weighted by Gasteiger charge is 2.35. The molecule has 1 amide bonds. The summed E-state index contributed by atoms with van der Waals surface area (Å²) >= 11 is 6.70. The van der Waals surface area contributed by atoms with Crippen molar-refractivity contribution in [2.24, 2.45) is 0 Å². The van der Waals surface area contributed by atoms with Gasteiger partial charge in [0.1, 0.15) is 10.0 Å². The number of carbonyl (C=O) groups is 1. The molecule has 34 heavy (non-hydrogen) atoms. The maximum absolute atomic E-state index is 13.1. The van der Waals surface area contributed by atoms with Crippen LogP contribution in [-0.2, 0) is 4.79 Å². The molecule has 1 atom stereocenters. The van der Waals surface area contributed by atoms with Crippen molar-refractivity contribution in [2.45, 2.75) is 26.3 Å². The van der Waals surface area contributed by atoms with Crippen LogP contribution in [0.2, 0.25) is 0 Å². The standard InChI is InChI=1S/C24H22N4O4S2/c1-4-15(2)27-23(29)21(34-24(27)33)13-17-14-26(18-8-6-5-7-9-18)25-22(17)16-10-11-20(32-3)19(12-16)28(30)31/h5-15H,4H2,1-3H3/b21-13-/t15-/m0/s1. The van der Waals surface area contributed by atoms with E-state index >= 15 is 0 Å². The van der Waals surface area contributed by atoms with Crippen molar-refractivity contribution >= 4 is 46.0 Å². The summed E-state index contributed by atoms with van der Waals surface area (Å²) in [6.07, 6.45) is 4.34. The molecule has 0 unspecified atom stereocenters. The fourth-order valence-corrected chi connectivity index (χ4v) is 5.05. The fourth-order valence-electron chi connectivity index (χ4n) is 3.59. The van der Waals surface area contributed by atoms with E-state index in [1.54, 1.807) is 34.0 Å². The maximum atomic E-state index is 13.1. The van der Waals surface area contributed by atoms with Gasteiger partial charge in [-0.25, -0.2) is 4.68 Å². The van der Waals surface area contributed by atoms with Crippen LogP contribution in [-0.4, -0.2) is 43.0 Å². The number of aromatic nitrogens is 2. The average molecular weight is 495 g/mol. The number of amides is 1. The molecule has 0 radical (unpaired) electrons. The number of thiocarbonyl (C=S) groups is 1. The first-order valence-electron chi connectivity index (χ1n) is 10.6. The monoisotopic (exact) mass is 494 g/mol. The number of methoxy groups -OCH3 is 1. The molecular formula is C24H22N4O4S2. The van der Waals surface area contributed by atoms with Gasteiger partial charge in [-0.1, -0.05) is 49.1 Å². The molecule has 1 aliphatic heterocycles. The van der Waals surface area contributed by atoms with E-state index in [-0.39, 0.29) is 23.4 Å². The van der Waals surface area contributed by atoms with Crippen LogP contribution < -0.4 is 4.74 Å². The van der Waals surface area contributed by atoms with Crippen molar-refractivity contribution in [3.05, 3.63) is 75.3 Å². The highest BCUT2D eigenvalue weighted by molar-refractivity contribution is 8.26. The van der Waals surface area contributed by atoms with Crippen LogP contribution >= 0.6 is 24.0 Å². The summed E-state index contributed by atoms with van der Waals surface area (Å²) in [4.78, 5) is 26.3. The number of thioether (sulfide) groups is 1. The molecule has 1 aromatic heterocycles. The number of hydrogen-bond donors (Lipinski definition) is 0. The molecule has 2 heterocycles. The molecule has 0 saturated carbocycles. The fraction of sp³-hybridized carbons (Fsp3) is 0.208. The van der Waals surface area contributed by atoms with Gasteiger partial charge in [0.05, 0.1) is 22.6 Å². The van der Waals surface area contributed by atoms with E-state index in [0.29, 0.717) is 26.0 Å². The van der Waals surface area contributed by atoms with Gasteiger partial charge in [-0.3, -0.25) is 19.8 Å². The maximum Gasteiger partial charge on any atom is 0.311 e. The molecule has 0 spiro atoms. The molecule has 1 aliphatic rings. The highest BCUT2D eigenvalue weighted by Crippen LogP contribution is 2.38. The van der Waals surface area contributed by atoms with E-state index in [1.165, 1.54) is 24.9 Å². The summed E-state index contributed by atoms with van der Waals surface area (Å²) in [5.41, 5.74) is 2.34. The number of nitro benzene ring substituents is 1. The van der Waals surface area contributed by atoms with E-state index in [0.717, 1.165) is 12.1 Å². The minimum atomic E-state index is -0.493. The van der Waals surface area contributed by atoms with Gasteiger partial charge >= 0.3 is 5.69 Å². The Morgan fingerprint density at radius 3 is 2.65 bits per heavy atom. The van der Waals surface area contributed by atoms with Crippen molar-refractivity contribution in [1.29, 1.82) is 0 Å². The highest BCUT2D eigenvalue weighted by atomic mass is 32.2. The third-order valence-corrected chi connectivity index (χ3v) is 6.88. The van der Waals surface area contributed by atoms with Gasteiger partial charge in [0.25, 0.3) is 5.91 Å². The SMILES string of the molecule is CC[C@H](C)N1C(=O)/C(=C/c2cn(-c3ccccc3)nc2-c2ccc(OC)c([N+](=O)[O-])c2)SC1=S. The number of ether oxygens (including phenoxy) is 1. The summed E-state index contributed by atoms with van der Waals surface area (Å²) in [6.45, 7) is 3.97. The summed E-state index contributed by atoms with van der Waals surface area (Å²) in [7, 11) is 1.39. The van der Waals surface area contributed by atoms with Crippen LogP contribution in [0.5, 0.6) is 5.75 Å². The number of benzene rings is 2. The second kappa shape index (κ2) is 9.78. The average Bonchev–Trinajstić information content (AvgIpc) is 3.39. The molecule has 0 aliphatic carbocycles. The van der Waals surface area contributed by atoms with Crippen LogP contribution in [0.3, 0.4) is 0 Å². The molecule has 8 nitrogen and oxygen atoms in total. The lowest BCUT2D eigenvalue weighted by Gasteiger charge is -2.21. The Morgan fingerprint density at radius 2 is 2.00 bits per heavy atom. The topological polar surface area (TPSA) is 90.5 Å². The van der Waals surface area contributed by atoms with Crippen molar-refractivity contribution in [1.82, 2.24) is 14.7 Å². The zero-order valence-electron chi connectivity index (χ0n) is 18.8. The normalized spacial score (nSPS) is 15.7. The van der Waals surface area contributed by atoms with Gasteiger partial charge in [0, 0.05) is 29.4 Å². The van der Waals surface area contributed by atoms with Crippen molar-refractivity contribution < 1.29 is 14.5 Å². The first kappa shape index (κ1) is 23.7. The van der Waals surface area contributed by atoms with Crippen molar-refractivity contribution in [3.63, 3.8) is 0 Å². The quantitative estimate of drug-likeness (QED) is 0.187. The summed E-state index contributed by atoms with van der Waals surface area (Å²) in [6, 6.07) is 14.2.